The molecule has 0 spiro atoms. The van der Waals surface area contributed by atoms with E-state index in [-0.39, 0.29) is 21.8 Å². The SMILES string of the molecule is CC1(C)OB(c2cc(C(F)OC(N)=O)cc3ccc(F)c(F)c23)OC1(C)C. The second-order valence-electron chi connectivity index (χ2n) is 7.41. The van der Waals surface area contributed by atoms with Crippen LogP contribution >= 0.6 is 0 Å². The highest BCUT2D eigenvalue weighted by Gasteiger charge is 2.52. The molecule has 1 unspecified atom stereocenters. The smallest absolute Gasteiger partial charge is 0.411 e. The normalized spacial score (nSPS) is 19.3. The lowest BCUT2D eigenvalue weighted by molar-refractivity contribution is 0.00578. The molecule has 0 radical (unpaired) electrons. The second kappa shape index (κ2) is 6.42. The summed E-state index contributed by atoms with van der Waals surface area (Å²) in [5, 5.41) is 0.107. The molecule has 1 aliphatic rings. The highest BCUT2D eigenvalue weighted by molar-refractivity contribution is 6.65. The molecule has 2 aromatic rings. The third-order valence-electron chi connectivity index (χ3n) is 5.05. The van der Waals surface area contributed by atoms with Gasteiger partial charge in [-0.3, -0.25) is 0 Å². The number of benzene rings is 2. The summed E-state index contributed by atoms with van der Waals surface area (Å²) >= 11 is 0. The van der Waals surface area contributed by atoms with Crippen molar-refractivity contribution >= 4 is 29.4 Å². The molecule has 5 nitrogen and oxygen atoms in total. The van der Waals surface area contributed by atoms with Crippen molar-refractivity contribution in [2.75, 3.05) is 0 Å². The Morgan fingerprint density at radius 2 is 1.74 bits per heavy atom. The molecule has 0 aliphatic carbocycles. The van der Waals surface area contributed by atoms with Gasteiger partial charge in [0.15, 0.2) is 11.6 Å². The van der Waals surface area contributed by atoms with Crippen LogP contribution in [-0.2, 0) is 14.0 Å². The van der Waals surface area contributed by atoms with E-state index in [1.807, 2.05) is 0 Å². The van der Waals surface area contributed by atoms with Gasteiger partial charge < -0.3 is 19.8 Å². The highest BCUT2D eigenvalue weighted by Crippen LogP contribution is 2.38. The average Bonchev–Trinajstić information content (AvgIpc) is 2.77. The first-order valence-corrected chi connectivity index (χ1v) is 8.30. The van der Waals surface area contributed by atoms with E-state index >= 15 is 0 Å². The van der Waals surface area contributed by atoms with Crippen molar-refractivity contribution < 1.29 is 32.0 Å². The molecule has 0 bridgehead atoms. The lowest BCUT2D eigenvalue weighted by Crippen LogP contribution is -2.41. The van der Waals surface area contributed by atoms with E-state index in [4.69, 9.17) is 15.0 Å². The van der Waals surface area contributed by atoms with Crippen molar-refractivity contribution in [2.45, 2.75) is 45.3 Å². The number of carbonyl (C=O) groups is 1. The van der Waals surface area contributed by atoms with Crippen LogP contribution in [0.1, 0.15) is 39.6 Å². The fraction of sp³-hybridized carbons (Fsp3) is 0.389. The molecule has 1 fully saturated rings. The number of halogens is 3. The molecule has 1 amide bonds. The van der Waals surface area contributed by atoms with Crippen LogP contribution in [-0.4, -0.2) is 24.4 Å². The summed E-state index contributed by atoms with van der Waals surface area (Å²) in [5.74, 6) is -2.16. The molecule has 2 aromatic carbocycles. The Labute approximate surface area is 154 Å². The first-order chi connectivity index (χ1) is 12.4. The molecular formula is C18H19BF3NO4. The van der Waals surface area contributed by atoms with Gasteiger partial charge in [-0.1, -0.05) is 12.1 Å². The van der Waals surface area contributed by atoms with Gasteiger partial charge in [0, 0.05) is 10.9 Å². The van der Waals surface area contributed by atoms with Crippen molar-refractivity contribution in [1.29, 1.82) is 0 Å². The van der Waals surface area contributed by atoms with Gasteiger partial charge in [0.1, 0.15) is 0 Å². The second-order valence-corrected chi connectivity index (χ2v) is 7.41. The third kappa shape index (κ3) is 3.37. The van der Waals surface area contributed by atoms with Gasteiger partial charge in [0.25, 0.3) is 6.36 Å². The van der Waals surface area contributed by atoms with E-state index in [0.717, 1.165) is 6.07 Å². The summed E-state index contributed by atoms with van der Waals surface area (Å²) in [5.41, 5.74) is 3.36. The van der Waals surface area contributed by atoms with Crippen LogP contribution in [0.5, 0.6) is 0 Å². The van der Waals surface area contributed by atoms with Gasteiger partial charge in [-0.15, -0.1) is 0 Å². The Morgan fingerprint density at radius 3 is 2.30 bits per heavy atom. The zero-order chi connectivity index (χ0) is 20.1. The summed E-state index contributed by atoms with van der Waals surface area (Å²) in [6, 6.07) is 4.70. The lowest BCUT2D eigenvalue weighted by Gasteiger charge is -2.32. The minimum atomic E-state index is -2.18. The van der Waals surface area contributed by atoms with E-state index in [2.05, 4.69) is 4.74 Å². The molecule has 1 atom stereocenters. The van der Waals surface area contributed by atoms with Crippen LogP contribution in [0.2, 0.25) is 0 Å². The molecule has 0 aromatic heterocycles. The van der Waals surface area contributed by atoms with Crippen LogP contribution in [0.4, 0.5) is 18.0 Å². The number of hydrogen-bond acceptors (Lipinski definition) is 4. The number of amides is 1. The van der Waals surface area contributed by atoms with Gasteiger partial charge in [-0.2, -0.15) is 4.39 Å². The van der Waals surface area contributed by atoms with Gasteiger partial charge in [0.05, 0.1) is 11.2 Å². The third-order valence-corrected chi connectivity index (χ3v) is 5.05. The Balaban J connectivity index is 2.20. The van der Waals surface area contributed by atoms with Gasteiger partial charge in [-0.25, -0.2) is 13.6 Å². The van der Waals surface area contributed by atoms with Gasteiger partial charge in [0.2, 0.25) is 0 Å². The largest absolute Gasteiger partial charge is 0.495 e. The van der Waals surface area contributed by atoms with E-state index in [1.54, 1.807) is 27.7 Å². The van der Waals surface area contributed by atoms with E-state index in [0.29, 0.717) is 0 Å². The minimum absolute atomic E-state index is 0.0915. The molecule has 1 heterocycles. The van der Waals surface area contributed by atoms with E-state index in [1.165, 1.54) is 18.2 Å². The summed E-state index contributed by atoms with van der Waals surface area (Å²) in [6.45, 7) is 7.18. The maximum atomic E-state index is 14.6. The fourth-order valence-electron chi connectivity index (χ4n) is 2.91. The maximum absolute atomic E-state index is 14.6. The zero-order valence-electron chi connectivity index (χ0n) is 15.3. The maximum Gasteiger partial charge on any atom is 0.495 e. The van der Waals surface area contributed by atoms with Crippen LogP contribution in [0.3, 0.4) is 0 Å². The number of alkyl halides is 1. The average molecular weight is 381 g/mol. The van der Waals surface area contributed by atoms with Gasteiger partial charge in [-0.05, 0) is 50.7 Å². The number of hydrogen-bond donors (Lipinski definition) is 1. The van der Waals surface area contributed by atoms with Crippen molar-refractivity contribution in [3.63, 3.8) is 0 Å². The molecule has 27 heavy (non-hydrogen) atoms. The van der Waals surface area contributed by atoms with Crippen molar-refractivity contribution in [3.05, 3.63) is 41.5 Å². The van der Waals surface area contributed by atoms with E-state index < -0.39 is 42.4 Å². The molecule has 3 rings (SSSR count). The number of rotatable bonds is 3. The molecule has 0 saturated carbocycles. The van der Waals surface area contributed by atoms with Crippen molar-refractivity contribution in [1.82, 2.24) is 0 Å². The topological polar surface area (TPSA) is 70.8 Å². The standard InChI is InChI=1S/C18H19BF3NO4/c1-17(2)18(3,4)27-19(26-17)11-8-10(15(22)25-16(23)24)7-9-5-6-12(20)14(21)13(9)11/h5-8,15H,1-4H3,(H2,23,24). The molecule has 2 N–H and O–H groups in total. The quantitative estimate of drug-likeness (QED) is 0.827. The first-order valence-electron chi connectivity index (χ1n) is 8.30. The van der Waals surface area contributed by atoms with Crippen molar-refractivity contribution in [2.24, 2.45) is 5.73 Å². The Hall–Kier alpha value is -2.26. The highest BCUT2D eigenvalue weighted by atomic mass is 19.2. The van der Waals surface area contributed by atoms with E-state index in [9.17, 15) is 18.0 Å². The minimum Gasteiger partial charge on any atom is -0.411 e. The molecule has 1 aliphatic heterocycles. The fourth-order valence-corrected chi connectivity index (χ4v) is 2.91. The molecule has 9 heteroatoms. The number of carbonyl (C=O) groups excluding carboxylic acids is 1. The summed E-state index contributed by atoms with van der Waals surface area (Å²) in [7, 11) is -1.07. The predicted octanol–water partition coefficient (Wildman–Crippen LogP) is 3.48. The molecule has 1 saturated heterocycles. The van der Waals surface area contributed by atoms with Gasteiger partial charge >= 0.3 is 13.2 Å². The Kier molecular flexibility index (Phi) is 4.64. The van der Waals surface area contributed by atoms with Crippen LogP contribution in [0.25, 0.3) is 10.8 Å². The monoisotopic (exact) mass is 381 g/mol. The Morgan fingerprint density at radius 1 is 1.15 bits per heavy atom. The lowest BCUT2D eigenvalue weighted by atomic mass is 9.75. The first kappa shape index (κ1) is 19.5. The number of primary amides is 1. The molecule has 144 valence electrons. The van der Waals surface area contributed by atoms with Crippen LogP contribution in [0, 0.1) is 11.6 Å². The summed E-state index contributed by atoms with van der Waals surface area (Å²) in [6.07, 6.45) is -3.48. The summed E-state index contributed by atoms with van der Waals surface area (Å²) < 4.78 is 58.8. The molecular weight excluding hydrogens is 362 g/mol. The van der Waals surface area contributed by atoms with Crippen LogP contribution in [0.15, 0.2) is 24.3 Å². The Bertz CT molecular complexity index is 903. The predicted molar refractivity (Wildman–Crippen MR) is 94.1 cm³/mol. The summed E-state index contributed by atoms with van der Waals surface area (Å²) in [4.78, 5) is 10.9. The van der Waals surface area contributed by atoms with Crippen LogP contribution < -0.4 is 11.2 Å². The zero-order valence-corrected chi connectivity index (χ0v) is 15.3. The van der Waals surface area contributed by atoms with Crippen molar-refractivity contribution in [3.8, 4) is 0 Å². The number of nitrogens with two attached hydrogens (primary N) is 1. The number of fused-ring (bicyclic) bond motifs is 1. The number of ether oxygens (including phenoxy) is 1.